The molecule has 0 unspecified atom stereocenters. The van der Waals surface area contributed by atoms with Gasteiger partial charge in [-0.2, -0.15) is 8.78 Å². The zero-order valence-corrected chi connectivity index (χ0v) is 12.3. The van der Waals surface area contributed by atoms with Crippen LogP contribution in [0, 0.1) is 11.6 Å². The molecule has 0 N–H and O–H groups in total. The van der Waals surface area contributed by atoms with Crippen LogP contribution in [-0.2, 0) is 5.92 Å². The van der Waals surface area contributed by atoms with Crippen molar-refractivity contribution in [2.45, 2.75) is 19.8 Å². The number of hydrogen-bond donors (Lipinski definition) is 0. The van der Waals surface area contributed by atoms with Crippen molar-refractivity contribution in [2.24, 2.45) is 0 Å². The van der Waals surface area contributed by atoms with Crippen LogP contribution in [0.2, 0.25) is 5.15 Å². The van der Waals surface area contributed by atoms with Gasteiger partial charge in [0.25, 0.3) is 0 Å². The van der Waals surface area contributed by atoms with Crippen molar-refractivity contribution in [1.29, 1.82) is 0 Å². The maximum Gasteiger partial charge on any atom is 0.352 e. The van der Waals surface area contributed by atoms with Crippen molar-refractivity contribution < 1.29 is 22.4 Å². The van der Waals surface area contributed by atoms with Crippen molar-refractivity contribution in [3.63, 3.8) is 0 Å². The van der Waals surface area contributed by atoms with Crippen LogP contribution >= 0.6 is 11.6 Å². The molecule has 0 aliphatic rings. The molecule has 0 aliphatic carbocycles. The lowest BCUT2D eigenvalue weighted by Gasteiger charge is -2.14. The average Bonchev–Trinajstić information content (AvgIpc) is 2.49. The fraction of sp³-hybridized carbons (Fsp3) is 0.214. The highest BCUT2D eigenvalue weighted by molar-refractivity contribution is 6.29. The van der Waals surface area contributed by atoms with Gasteiger partial charge in [0.1, 0.15) is 22.5 Å². The molecule has 1 heterocycles. The van der Waals surface area contributed by atoms with E-state index in [9.17, 15) is 22.4 Å². The van der Waals surface area contributed by atoms with Gasteiger partial charge in [-0.3, -0.25) is 4.79 Å². The summed E-state index contributed by atoms with van der Waals surface area (Å²) < 4.78 is 53.8. The van der Waals surface area contributed by atoms with E-state index in [0.29, 0.717) is 24.4 Å². The molecule has 1 aromatic carbocycles. The highest BCUT2D eigenvalue weighted by Crippen LogP contribution is 2.31. The van der Waals surface area contributed by atoms with Crippen LogP contribution in [0.4, 0.5) is 17.6 Å². The molecular formula is C14H11ClF4N2O. The van der Waals surface area contributed by atoms with Crippen molar-refractivity contribution in [3.8, 4) is 0 Å². The number of hydrogen-bond acceptors (Lipinski definition) is 3. The number of carbonyl (C=O) groups is 1. The second-order valence-electron chi connectivity index (χ2n) is 3.75. The van der Waals surface area contributed by atoms with Crippen molar-refractivity contribution >= 4 is 17.4 Å². The van der Waals surface area contributed by atoms with Crippen LogP contribution in [0.1, 0.15) is 29.9 Å². The molecule has 0 saturated carbocycles. The van der Waals surface area contributed by atoms with E-state index in [0.717, 1.165) is 6.20 Å². The van der Waals surface area contributed by atoms with Gasteiger partial charge in [0.2, 0.25) is 5.78 Å². The Balaban J connectivity index is 0.00000116. The lowest BCUT2D eigenvalue weighted by Crippen LogP contribution is -2.28. The summed E-state index contributed by atoms with van der Waals surface area (Å²) >= 11 is 5.40. The number of benzene rings is 1. The number of halogens is 5. The fourth-order valence-corrected chi connectivity index (χ4v) is 1.53. The van der Waals surface area contributed by atoms with E-state index in [1.165, 1.54) is 0 Å². The number of alkyl halides is 2. The second kappa shape index (κ2) is 7.31. The maximum atomic E-state index is 13.9. The Bertz CT molecular complexity index is 662. The number of nitrogens with zero attached hydrogens (tertiary/aromatic N) is 2. The topological polar surface area (TPSA) is 42.9 Å². The Hall–Kier alpha value is -2.02. The first kappa shape index (κ1) is 18.0. The minimum atomic E-state index is -4.10. The summed E-state index contributed by atoms with van der Waals surface area (Å²) in [5, 5.41) is -0.134. The molecule has 1 aromatic heterocycles. The van der Waals surface area contributed by atoms with Gasteiger partial charge >= 0.3 is 5.92 Å². The van der Waals surface area contributed by atoms with Gasteiger partial charge < -0.3 is 0 Å². The van der Waals surface area contributed by atoms with Gasteiger partial charge in [-0.25, -0.2) is 18.7 Å². The first-order valence-electron chi connectivity index (χ1n) is 6.18. The quantitative estimate of drug-likeness (QED) is 0.617. The third-order valence-electron chi connectivity index (χ3n) is 2.40. The third kappa shape index (κ3) is 3.79. The summed E-state index contributed by atoms with van der Waals surface area (Å²) in [6.07, 6.45) is 1.45. The molecule has 0 radical (unpaired) electrons. The molecule has 2 aromatic rings. The monoisotopic (exact) mass is 334 g/mol. The second-order valence-corrected chi connectivity index (χ2v) is 4.14. The zero-order valence-electron chi connectivity index (χ0n) is 11.6. The molecule has 0 spiro atoms. The van der Waals surface area contributed by atoms with Crippen molar-refractivity contribution in [3.05, 3.63) is 58.6 Å². The van der Waals surface area contributed by atoms with Crippen LogP contribution in [0.15, 0.2) is 30.6 Å². The number of rotatable bonds is 3. The molecule has 0 amide bonds. The molecule has 0 saturated heterocycles. The Labute approximate surface area is 129 Å². The first-order valence-corrected chi connectivity index (χ1v) is 6.56. The molecule has 3 nitrogen and oxygen atoms in total. The van der Waals surface area contributed by atoms with Crippen LogP contribution in [0.3, 0.4) is 0 Å². The van der Waals surface area contributed by atoms with Crippen LogP contribution in [-0.4, -0.2) is 15.8 Å². The van der Waals surface area contributed by atoms with Gasteiger partial charge in [0, 0.05) is 6.07 Å². The van der Waals surface area contributed by atoms with Gasteiger partial charge in [-0.1, -0.05) is 25.4 Å². The Kier molecular flexibility index (Phi) is 5.99. The zero-order chi connectivity index (χ0) is 16.9. The van der Waals surface area contributed by atoms with Gasteiger partial charge in [-0.05, 0) is 12.1 Å². The van der Waals surface area contributed by atoms with Crippen molar-refractivity contribution in [1.82, 2.24) is 9.97 Å². The number of Topliss-reactive ketones (excluding diaryl/α,β-unsaturated/α-hetero) is 1. The van der Waals surface area contributed by atoms with Gasteiger partial charge in [-0.15, -0.1) is 0 Å². The molecule has 118 valence electrons. The van der Waals surface area contributed by atoms with Gasteiger partial charge in [0.15, 0.2) is 0 Å². The van der Waals surface area contributed by atoms with E-state index in [1.807, 2.05) is 13.8 Å². The van der Waals surface area contributed by atoms with Crippen molar-refractivity contribution in [2.75, 3.05) is 0 Å². The molecule has 2 rings (SSSR count). The van der Waals surface area contributed by atoms with Gasteiger partial charge in [0.05, 0.1) is 18.0 Å². The standard InChI is InChI=1S/C12H5ClF4N2O.C2H6/c13-10-5-18-9(4-19-10)12(16,17)11(20)7-2-1-6(14)3-8(7)15;1-2/h1-5H;1-2H3. The minimum absolute atomic E-state index is 0.134. The van der Waals surface area contributed by atoms with E-state index in [4.69, 9.17) is 11.6 Å². The normalized spacial score (nSPS) is 10.7. The summed E-state index contributed by atoms with van der Waals surface area (Å²) in [7, 11) is 0. The number of aromatic nitrogens is 2. The predicted octanol–water partition coefficient (Wildman–Crippen LogP) is 4.41. The van der Waals surface area contributed by atoms with Crippen LogP contribution in [0.5, 0.6) is 0 Å². The molecular weight excluding hydrogens is 324 g/mol. The first-order chi connectivity index (χ1) is 10.3. The highest BCUT2D eigenvalue weighted by atomic mass is 35.5. The summed E-state index contributed by atoms with van der Waals surface area (Å²) in [5.41, 5.74) is -1.91. The van der Waals surface area contributed by atoms with Crippen LogP contribution in [0.25, 0.3) is 0 Å². The molecule has 22 heavy (non-hydrogen) atoms. The lowest BCUT2D eigenvalue weighted by atomic mass is 10.0. The van der Waals surface area contributed by atoms with E-state index in [2.05, 4.69) is 9.97 Å². The average molecular weight is 335 g/mol. The molecule has 0 bridgehead atoms. The van der Waals surface area contributed by atoms with E-state index in [1.54, 1.807) is 0 Å². The largest absolute Gasteiger partial charge is 0.352 e. The third-order valence-corrected chi connectivity index (χ3v) is 2.60. The fourth-order valence-electron chi connectivity index (χ4n) is 1.43. The highest BCUT2D eigenvalue weighted by Gasteiger charge is 2.44. The maximum absolute atomic E-state index is 13.9. The van der Waals surface area contributed by atoms with E-state index in [-0.39, 0.29) is 5.15 Å². The number of ketones is 1. The summed E-state index contributed by atoms with van der Waals surface area (Å²) in [6, 6.07) is 1.70. The number of carbonyl (C=O) groups excluding carboxylic acids is 1. The van der Waals surface area contributed by atoms with E-state index < -0.39 is 34.6 Å². The smallest absolute Gasteiger partial charge is 0.287 e. The molecule has 0 aliphatic heterocycles. The lowest BCUT2D eigenvalue weighted by molar-refractivity contribution is 0.00402. The summed E-state index contributed by atoms with van der Waals surface area (Å²) in [4.78, 5) is 18.3. The Morgan fingerprint density at radius 2 is 1.77 bits per heavy atom. The Morgan fingerprint density at radius 1 is 1.14 bits per heavy atom. The summed E-state index contributed by atoms with van der Waals surface area (Å²) in [6.45, 7) is 4.00. The Morgan fingerprint density at radius 3 is 2.27 bits per heavy atom. The molecule has 8 heteroatoms. The predicted molar refractivity (Wildman–Crippen MR) is 73.0 cm³/mol. The van der Waals surface area contributed by atoms with E-state index >= 15 is 0 Å². The minimum Gasteiger partial charge on any atom is -0.287 e. The SMILES string of the molecule is CC.O=C(c1ccc(F)cc1F)C(F)(F)c1cnc(Cl)cn1. The molecule has 0 atom stereocenters. The molecule has 0 fully saturated rings. The summed E-state index contributed by atoms with van der Waals surface area (Å²) in [5.74, 6) is -8.30. The van der Waals surface area contributed by atoms with Crippen LogP contribution < -0.4 is 0 Å².